The van der Waals surface area contributed by atoms with Gasteiger partial charge in [0.1, 0.15) is 11.2 Å². The van der Waals surface area contributed by atoms with E-state index < -0.39 is 5.97 Å². The van der Waals surface area contributed by atoms with Crippen LogP contribution in [0.25, 0.3) is 38.1 Å². The molecule has 0 unspecified atom stereocenters. The number of hydrogen-bond acceptors (Lipinski definition) is 7. The molecule has 0 spiro atoms. The van der Waals surface area contributed by atoms with Gasteiger partial charge in [0.15, 0.2) is 23.0 Å². The van der Waals surface area contributed by atoms with Crippen LogP contribution in [0.2, 0.25) is 0 Å². The summed E-state index contributed by atoms with van der Waals surface area (Å²) in [5.41, 5.74) is 1.24. The number of pyridine rings is 1. The molecule has 164 valence electrons. The van der Waals surface area contributed by atoms with Crippen molar-refractivity contribution in [2.24, 2.45) is 0 Å². The topological polar surface area (TPSA) is 100 Å². The molecule has 9 heteroatoms. The fourth-order valence-electron chi connectivity index (χ4n) is 4.44. The molecule has 3 aromatic heterocycles. The van der Waals surface area contributed by atoms with E-state index in [-0.39, 0.29) is 11.3 Å². The molecule has 2 aromatic carbocycles. The van der Waals surface area contributed by atoms with Crippen LogP contribution in [0.15, 0.2) is 29.1 Å². The van der Waals surface area contributed by atoms with Gasteiger partial charge in [0.2, 0.25) is 0 Å². The summed E-state index contributed by atoms with van der Waals surface area (Å²) in [5.74, 6) is 1.33. The van der Waals surface area contributed by atoms with Crippen molar-refractivity contribution < 1.29 is 28.5 Å². The van der Waals surface area contributed by atoms with E-state index in [1.165, 1.54) is 25.7 Å². The Hall–Kier alpha value is -4.14. The van der Waals surface area contributed by atoms with Crippen LogP contribution in [0.5, 0.6) is 23.0 Å². The number of benzene rings is 2. The second kappa shape index (κ2) is 6.94. The zero-order valence-corrected chi connectivity index (χ0v) is 18.1. The Morgan fingerprint density at radius 1 is 0.844 bits per heavy atom. The van der Waals surface area contributed by atoms with Crippen molar-refractivity contribution in [3.05, 3.63) is 40.3 Å². The summed E-state index contributed by atoms with van der Waals surface area (Å²) >= 11 is 0. The largest absolute Gasteiger partial charge is 0.493 e. The maximum Gasteiger partial charge on any atom is 0.355 e. The number of aromatic amines is 1. The number of esters is 1. The molecule has 32 heavy (non-hydrogen) atoms. The van der Waals surface area contributed by atoms with Crippen molar-refractivity contribution in [2.75, 3.05) is 35.5 Å². The number of aromatic nitrogens is 2. The highest BCUT2D eigenvalue weighted by atomic mass is 16.5. The number of carbonyl (C=O) groups is 1. The maximum atomic E-state index is 13.6. The van der Waals surface area contributed by atoms with E-state index in [1.807, 2.05) is 0 Å². The summed E-state index contributed by atoms with van der Waals surface area (Å²) < 4.78 is 28.5. The maximum absolute atomic E-state index is 13.6. The molecule has 0 fully saturated rings. The first-order valence-corrected chi connectivity index (χ1v) is 9.70. The predicted octanol–water partition coefficient (Wildman–Crippen LogP) is 3.35. The molecule has 0 atom stereocenters. The fraction of sp³-hybridized carbons (Fsp3) is 0.217. The molecular weight excluding hydrogens is 416 g/mol. The molecule has 0 bridgehead atoms. The normalized spacial score (nSPS) is 11.5. The zero-order valence-electron chi connectivity index (χ0n) is 18.1. The lowest BCUT2D eigenvalue weighted by Crippen LogP contribution is -2.18. The minimum Gasteiger partial charge on any atom is -0.493 e. The number of fused-ring (bicyclic) bond motifs is 4. The van der Waals surface area contributed by atoms with Crippen molar-refractivity contribution in [3.63, 3.8) is 0 Å². The van der Waals surface area contributed by atoms with E-state index in [9.17, 15) is 9.59 Å². The Bertz CT molecular complexity index is 1600. The van der Waals surface area contributed by atoms with Gasteiger partial charge in [-0.1, -0.05) is 0 Å². The number of nitrogens with zero attached hydrogens (tertiary/aromatic N) is 1. The van der Waals surface area contributed by atoms with Crippen molar-refractivity contribution >= 4 is 44.1 Å². The third kappa shape index (κ3) is 2.38. The van der Waals surface area contributed by atoms with Crippen LogP contribution in [0.4, 0.5) is 0 Å². The Labute approximate surface area is 181 Å². The first-order chi connectivity index (χ1) is 15.5. The highest BCUT2D eigenvalue weighted by Crippen LogP contribution is 2.45. The van der Waals surface area contributed by atoms with Gasteiger partial charge in [-0.15, -0.1) is 0 Å². The van der Waals surface area contributed by atoms with Gasteiger partial charge in [0.25, 0.3) is 5.56 Å². The third-order valence-electron chi connectivity index (χ3n) is 5.79. The summed E-state index contributed by atoms with van der Waals surface area (Å²) in [6, 6.07) is 6.92. The number of H-pyrrole nitrogens is 1. The third-order valence-corrected chi connectivity index (χ3v) is 5.79. The average molecular weight is 436 g/mol. The number of hydrogen-bond donors (Lipinski definition) is 1. The van der Waals surface area contributed by atoms with Crippen LogP contribution in [-0.2, 0) is 4.74 Å². The van der Waals surface area contributed by atoms with Crippen LogP contribution >= 0.6 is 0 Å². The molecule has 0 aliphatic carbocycles. The first kappa shape index (κ1) is 19.8. The second-order valence-electron chi connectivity index (χ2n) is 7.21. The van der Waals surface area contributed by atoms with Crippen LogP contribution < -0.4 is 24.5 Å². The first-order valence-electron chi connectivity index (χ1n) is 9.70. The Kier molecular flexibility index (Phi) is 4.30. The van der Waals surface area contributed by atoms with Crippen molar-refractivity contribution in [1.82, 2.24) is 9.38 Å². The fourth-order valence-corrected chi connectivity index (χ4v) is 4.44. The Balaban J connectivity index is 2.13. The van der Waals surface area contributed by atoms with Crippen molar-refractivity contribution in [3.8, 4) is 23.0 Å². The van der Waals surface area contributed by atoms with Gasteiger partial charge in [0, 0.05) is 22.2 Å². The Morgan fingerprint density at radius 3 is 2.16 bits per heavy atom. The van der Waals surface area contributed by atoms with Crippen molar-refractivity contribution in [2.45, 2.75) is 0 Å². The van der Waals surface area contributed by atoms with E-state index in [0.29, 0.717) is 55.7 Å². The van der Waals surface area contributed by atoms with Gasteiger partial charge in [-0.05, 0) is 18.2 Å². The smallest absolute Gasteiger partial charge is 0.355 e. The molecule has 0 saturated carbocycles. The van der Waals surface area contributed by atoms with E-state index in [2.05, 4.69) is 4.98 Å². The molecular formula is C23H20N2O7. The van der Waals surface area contributed by atoms with Gasteiger partial charge < -0.3 is 28.7 Å². The minimum atomic E-state index is -0.624. The Morgan fingerprint density at radius 2 is 1.53 bits per heavy atom. The molecule has 1 N–H and O–H groups in total. The van der Waals surface area contributed by atoms with Crippen LogP contribution in [0.3, 0.4) is 0 Å². The van der Waals surface area contributed by atoms with Gasteiger partial charge >= 0.3 is 5.97 Å². The lowest BCUT2D eigenvalue weighted by molar-refractivity contribution is 0.0592. The summed E-state index contributed by atoms with van der Waals surface area (Å²) in [4.78, 5) is 29.3. The number of ether oxygens (including phenoxy) is 5. The quantitative estimate of drug-likeness (QED) is 0.422. The summed E-state index contributed by atoms with van der Waals surface area (Å²) in [5, 5.41) is 2.65. The van der Waals surface area contributed by atoms with E-state index in [4.69, 9.17) is 23.7 Å². The average Bonchev–Trinajstić information content (AvgIpc) is 3.39. The molecule has 9 nitrogen and oxygen atoms in total. The predicted molar refractivity (Wildman–Crippen MR) is 119 cm³/mol. The molecule has 0 amide bonds. The zero-order chi connectivity index (χ0) is 22.7. The standard InChI is InChI=1S/C23H20N2O7/c1-28-14-8-11-12(9-15(14)29-2)24-19-17(11)18-20-10(7-16(30-3)21(18)31-4)6-13(23(27)32-5)25(20)22(19)26/h6-9,24H,1-5H3. The summed E-state index contributed by atoms with van der Waals surface area (Å²) in [6.07, 6.45) is 0. The highest BCUT2D eigenvalue weighted by molar-refractivity contribution is 6.25. The van der Waals surface area contributed by atoms with Crippen molar-refractivity contribution in [1.29, 1.82) is 0 Å². The van der Waals surface area contributed by atoms with E-state index in [1.54, 1.807) is 38.5 Å². The lowest BCUT2D eigenvalue weighted by Gasteiger charge is -2.13. The monoisotopic (exact) mass is 436 g/mol. The summed E-state index contributed by atoms with van der Waals surface area (Å²) in [7, 11) is 7.43. The van der Waals surface area contributed by atoms with Gasteiger partial charge in [-0.2, -0.15) is 0 Å². The lowest BCUT2D eigenvalue weighted by atomic mass is 10.0. The number of rotatable bonds is 5. The number of nitrogens with one attached hydrogen (secondary N) is 1. The molecule has 3 heterocycles. The van der Waals surface area contributed by atoms with E-state index >= 15 is 0 Å². The van der Waals surface area contributed by atoms with Crippen LogP contribution in [0, 0.1) is 0 Å². The second-order valence-corrected chi connectivity index (χ2v) is 7.21. The number of carbonyl (C=O) groups excluding carboxylic acids is 1. The molecule has 0 aliphatic rings. The molecule has 0 radical (unpaired) electrons. The SMILES string of the molecule is COC(=O)c1cc2cc(OC)c(OC)c3c4c([nH]c5cc(OC)c(OC)cc54)c(=O)n1c23. The molecule has 5 rings (SSSR count). The summed E-state index contributed by atoms with van der Waals surface area (Å²) in [6.45, 7) is 0. The van der Waals surface area contributed by atoms with Gasteiger partial charge in [0.05, 0.1) is 52.0 Å². The minimum absolute atomic E-state index is 0.114. The van der Waals surface area contributed by atoms with Gasteiger partial charge in [-0.25, -0.2) is 4.79 Å². The van der Waals surface area contributed by atoms with Crippen LogP contribution in [0.1, 0.15) is 10.5 Å². The van der Waals surface area contributed by atoms with Gasteiger partial charge in [-0.3, -0.25) is 9.20 Å². The molecule has 0 saturated heterocycles. The highest BCUT2D eigenvalue weighted by Gasteiger charge is 2.27. The van der Waals surface area contributed by atoms with E-state index in [0.717, 1.165) is 5.39 Å². The molecule has 5 aromatic rings. The van der Waals surface area contributed by atoms with Crippen LogP contribution in [-0.4, -0.2) is 50.9 Å². The number of methoxy groups -OCH3 is 5. The molecule has 0 aliphatic heterocycles.